The predicted octanol–water partition coefficient (Wildman–Crippen LogP) is 3.68. The molecule has 2 N–H and O–H groups in total. The van der Waals surface area contributed by atoms with Gasteiger partial charge in [-0.05, 0) is 25.3 Å². The Morgan fingerprint density at radius 3 is 2.81 bits per heavy atom. The number of nitrogens with zero attached hydrogens (tertiary/aromatic N) is 2. The molecule has 1 aliphatic heterocycles. The molecule has 4 nitrogen and oxygen atoms in total. The van der Waals surface area contributed by atoms with Crippen molar-refractivity contribution in [1.29, 1.82) is 0 Å². The normalized spacial score (nSPS) is 27.7. The average molecular weight is 330 g/mol. The Hall–Kier alpha value is -0.200. The van der Waals surface area contributed by atoms with Gasteiger partial charge in [-0.1, -0.05) is 32.3 Å². The summed E-state index contributed by atoms with van der Waals surface area (Å²) in [5.41, 5.74) is 5.64. The van der Waals surface area contributed by atoms with Gasteiger partial charge in [0.15, 0.2) is 5.82 Å². The second-order valence-electron chi connectivity index (χ2n) is 5.80. The highest BCUT2D eigenvalue weighted by atomic mass is 32.2. The van der Waals surface area contributed by atoms with Crippen molar-refractivity contribution < 1.29 is 4.52 Å². The van der Waals surface area contributed by atoms with Crippen LogP contribution in [0.15, 0.2) is 4.52 Å². The summed E-state index contributed by atoms with van der Waals surface area (Å²) in [4.78, 5) is 4.62. The highest BCUT2D eigenvalue weighted by Crippen LogP contribution is 2.43. The lowest BCUT2D eigenvalue weighted by atomic mass is 9.97. The fraction of sp³-hybridized carbons (Fsp3) is 0.867. The standard InChI is InChI=1S/C15H27N3OS2/c1-4-12(7-8-16)5-6-14-17-15(18-19-14)13-9-20-10(2)11(3)21-13/h10-13H,4-9,16H2,1-3H3. The maximum Gasteiger partial charge on any atom is 0.226 e. The van der Waals surface area contributed by atoms with E-state index in [1.165, 1.54) is 6.42 Å². The van der Waals surface area contributed by atoms with Crippen molar-refractivity contribution in [3.8, 4) is 0 Å². The molecule has 0 aliphatic carbocycles. The predicted molar refractivity (Wildman–Crippen MR) is 91.8 cm³/mol. The van der Waals surface area contributed by atoms with E-state index >= 15 is 0 Å². The molecule has 0 amide bonds. The number of hydrogen-bond donors (Lipinski definition) is 1. The van der Waals surface area contributed by atoms with Gasteiger partial charge in [-0.25, -0.2) is 0 Å². The first kappa shape index (κ1) is 17.2. The van der Waals surface area contributed by atoms with Gasteiger partial charge < -0.3 is 10.3 Å². The number of aromatic nitrogens is 2. The first-order valence-corrected chi connectivity index (χ1v) is 9.92. The van der Waals surface area contributed by atoms with E-state index in [-0.39, 0.29) is 0 Å². The summed E-state index contributed by atoms with van der Waals surface area (Å²) in [6, 6.07) is 0. The van der Waals surface area contributed by atoms with Crippen LogP contribution in [0, 0.1) is 5.92 Å². The molecule has 4 unspecified atom stereocenters. The summed E-state index contributed by atoms with van der Waals surface area (Å²) < 4.78 is 5.44. The molecule has 1 aliphatic rings. The number of nitrogens with two attached hydrogens (primary N) is 1. The number of aryl methyl sites for hydroxylation is 1. The summed E-state index contributed by atoms with van der Waals surface area (Å²) in [6.07, 6.45) is 4.22. The fourth-order valence-electron chi connectivity index (χ4n) is 2.54. The molecule has 21 heavy (non-hydrogen) atoms. The topological polar surface area (TPSA) is 64.9 Å². The molecular formula is C15H27N3OS2. The van der Waals surface area contributed by atoms with Crippen molar-refractivity contribution in [2.45, 2.75) is 62.2 Å². The van der Waals surface area contributed by atoms with Gasteiger partial charge in [0, 0.05) is 22.7 Å². The van der Waals surface area contributed by atoms with Crippen LogP contribution in [0.4, 0.5) is 0 Å². The minimum Gasteiger partial charge on any atom is -0.339 e. The molecule has 0 bridgehead atoms. The van der Waals surface area contributed by atoms with Crippen LogP contribution in [0.25, 0.3) is 0 Å². The third-order valence-corrected chi connectivity index (χ3v) is 7.63. The summed E-state index contributed by atoms with van der Waals surface area (Å²) in [5.74, 6) is 3.43. The van der Waals surface area contributed by atoms with Crippen molar-refractivity contribution in [2.24, 2.45) is 11.7 Å². The summed E-state index contributed by atoms with van der Waals surface area (Å²) in [5, 5.41) is 5.93. The zero-order valence-electron chi connectivity index (χ0n) is 13.2. The monoisotopic (exact) mass is 329 g/mol. The van der Waals surface area contributed by atoms with Crippen LogP contribution >= 0.6 is 23.5 Å². The molecule has 4 atom stereocenters. The molecule has 0 saturated carbocycles. The van der Waals surface area contributed by atoms with Gasteiger partial charge in [0.2, 0.25) is 5.89 Å². The van der Waals surface area contributed by atoms with E-state index in [0.717, 1.165) is 43.3 Å². The van der Waals surface area contributed by atoms with Crippen molar-refractivity contribution in [3.05, 3.63) is 11.7 Å². The van der Waals surface area contributed by atoms with E-state index in [1.807, 2.05) is 23.5 Å². The molecule has 1 saturated heterocycles. The zero-order valence-corrected chi connectivity index (χ0v) is 14.9. The van der Waals surface area contributed by atoms with E-state index < -0.39 is 0 Å². The van der Waals surface area contributed by atoms with E-state index in [2.05, 4.69) is 30.9 Å². The van der Waals surface area contributed by atoms with Crippen molar-refractivity contribution in [2.75, 3.05) is 12.3 Å². The molecule has 1 aromatic rings. The SMILES string of the molecule is CCC(CCN)CCc1nc(C2CSC(C)C(C)S2)no1. The van der Waals surface area contributed by atoms with E-state index in [0.29, 0.717) is 21.7 Å². The number of hydrogen-bond acceptors (Lipinski definition) is 6. The van der Waals surface area contributed by atoms with Gasteiger partial charge in [-0.15, -0.1) is 11.8 Å². The lowest BCUT2D eigenvalue weighted by Crippen LogP contribution is -2.22. The molecule has 2 heterocycles. The average Bonchev–Trinajstić information content (AvgIpc) is 2.95. The molecule has 0 spiro atoms. The quantitative estimate of drug-likeness (QED) is 0.823. The Kier molecular flexibility index (Phi) is 6.89. The lowest BCUT2D eigenvalue weighted by Gasteiger charge is -2.29. The lowest BCUT2D eigenvalue weighted by molar-refractivity contribution is 0.351. The van der Waals surface area contributed by atoms with E-state index in [1.54, 1.807) is 0 Å². The first-order valence-electron chi connectivity index (χ1n) is 7.93. The van der Waals surface area contributed by atoms with Gasteiger partial charge in [0.1, 0.15) is 0 Å². The molecule has 0 aromatic carbocycles. The maximum atomic E-state index is 5.64. The maximum absolute atomic E-state index is 5.64. The van der Waals surface area contributed by atoms with Crippen LogP contribution in [0.1, 0.15) is 57.0 Å². The molecule has 1 aromatic heterocycles. The summed E-state index contributed by atoms with van der Waals surface area (Å²) in [7, 11) is 0. The van der Waals surface area contributed by atoms with Gasteiger partial charge in [-0.2, -0.15) is 16.7 Å². The van der Waals surface area contributed by atoms with Crippen molar-refractivity contribution in [3.63, 3.8) is 0 Å². The Morgan fingerprint density at radius 2 is 2.14 bits per heavy atom. The van der Waals surface area contributed by atoms with Crippen LogP contribution in [0.3, 0.4) is 0 Å². The van der Waals surface area contributed by atoms with Crippen LogP contribution in [-0.2, 0) is 6.42 Å². The minimum atomic E-state index is 0.379. The Morgan fingerprint density at radius 1 is 1.33 bits per heavy atom. The van der Waals surface area contributed by atoms with Crippen LogP contribution in [-0.4, -0.2) is 32.9 Å². The Bertz CT molecular complexity index is 427. The smallest absolute Gasteiger partial charge is 0.226 e. The molecule has 2 rings (SSSR count). The van der Waals surface area contributed by atoms with E-state index in [4.69, 9.17) is 10.3 Å². The van der Waals surface area contributed by atoms with Gasteiger partial charge in [-0.3, -0.25) is 0 Å². The highest BCUT2D eigenvalue weighted by Gasteiger charge is 2.29. The molecule has 1 fully saturated rings. The third-order valence-electron chi connectivity index (χ3n) is 4.24. The van der Waals surface area contributed by atoms with Gasteiger partial charge in [0.25, 0.3) is 0 Å². The molecule has 6 heteroatoms. The third kappa shape index (κ3) is 4.89. The molecule has 0 radical (unpaired) electrons. The van der Waals surface area contributed by atoms with Crippen molar-refractivity contribution >= 4 is 23.5 Å². The first-order chi connectivity index (χ1) is 10.1. The Balaban J connectivity index is 1.86. The second kappa shape index (κ2) is 8.44. The summed E-state index contributed by atoms with van der Waals surface area (Å²) in [6.45, 7) is 7.56. The largest absolute Gasteiger partial charge is 0.339 e. The van der Waals surface area contributed by atoms with Crippen LogP contribution in [0.2, 0.25) is 0 Å². The van der Waals surface area contributed by atoms with Gasteiger partial charge in [0.05, 0.1) is 5.25 Å². The second-order valence-corrected chi connectivity index (χ2v) is 8.80. The number of thioether (sulfide) groups is 2. The fourth-order valence-corrected chi connectivity index (χ4v) is 5.37. The molecular weight excluding hydrogens is 302 g/mol. The van der Waals surface area contributed by atoms with Crippen LogP contribution < -0.4 is 5.73 Å². The summed E-state index contributed by atoms with van der Waals surface area (Å²) >= 11 is 3.99. The zero-order chi connectivity index (χ0) is 15.2. The highest BCUT2D eigenvalue weighted by molar-refractivity contribution is 8.07. The number of rotatable bonds is 7. The molecule has 120 valence electrons. The van der Waals surface area contributed by atoms with Gasteiger partial charge >= 0.3 is 0 Å². The van der Waals surface area contributed by atoms with E-state index in [9.17, 15) is 0 Å². The van der Waals surface area contributed by atoms with Crippen LogP contribution in [0.5, 0.6) is 0 Å². The Labute approximate surface area is 136 Å². The minimum absolute atomic E-state index is 0.379. The van der Waals surface area contributed by atoms with Crippen molar-refractivity contribution in [1.82, 2.24) is 10.1 Å².